The first-order chi connectivity index (χ1) is 15.4. The van der Waals surface area contributed by atoms with Crippen molar-refractivity contribution in [3.05, 3.63) is 101 Å². The summed E-state index contributed by atoms with van der Waals surface area (Å²) in [5, 5.41) is 3.19. The molecule has 5 nitrogen and oxygen atoms in total. The quantitative estimate of drug-likeness (QED) is 0.547. The Morgan fingerprint density at radius 1 is 0.781 bits per heavy atom. The lowest BCUT2D eigenvalue weighted by molar-refractivity contribution is -0.137. The number of imide groups is 1. The van der Waals surface area contributed by atoms with E-state index in [-0.39, 0.29) is 25.0 Å². The number of nitrogens with zero attached hydrogens (tertiary/aromatic N) is 1. The van der Waals surface area contributed by atoms with Crippen LogP contribution in [0, 0.1) is 20.8 Å². The predicted octanol–water partition coefficient (Wildman–Crippen LogP) is 4.88. The Morgan fingerprint density at radius 2 is 1.50 bits per heavy atom. The number of benzene rings is 3. The average Bonchev–Trinajstić information content (AvgIpc) is 2.98. The molecule has 1 aliphatic heterocycles. The van der Waals surface area contributed by atoms with Crippen LogP contribution in [0.5, 0.6) is 5.75 Å². The number of carbonyl (C=O) groups is 2. The Morgan fingerprint density at radius 3 is 2.19 bits per heavy atom. The molecule has 162 valence electrons. The van der Waals surface area contributed by atoms with E-state index in [4.69, 9.17) is 4.74 Å². The third kappa shape index (κ3) is 4.57. The van der Waals surface area contributed by atoms with E-state index in [1.807, 2.05) is 87.5 Å². The summed E-state index contributed by atoms with van der Waals surface area (Å²) in [5.74, 6) is 0.0655. The molecule has 0 atom stereocenters. The van der Waals surface area contributed by atoms with Crippen molar-refractivity contribution in [3.63, 3.8) is 0 Å². The Bertz CT molecular complexity index is 1180. The molecule has 0 fully saturated rings. The number of aryl methyl sites for hydroxylation is 3. The fourth-order valence-corrected chi connectivity index (χ4v) is 3.91. The smallest absolute Gasteiger partial charge is 0.278 e. The van der Waals surface area contributed by atoms with Gasteiger partial charge < -0.3 is 10.1 Å². The van der Waals surface area contributed by atoms with Crippen molar-refractivity contribution >= 4 is 23.1 Å². The molecule has 3 aromatic rings. The fourth-order valence-electron chi connectivity index (χ4n) is 3.91. The van der Waals surface area contributed by atoms with Crippen LogP contribution in [0.1, 0.15) is 22.3 Å². The maximum atomic E-state index is 13.3. The van der Waals surface area contributed by atoms with Gasteiger partial charge in [0.1, 0.15) is 18.1 Å². The minimum Gasteiger partial charge on any atom is -0.492 e. The number of hydrogen-bond donors (Lipinski definition) is 1. The summed E-state index contributed by atoms with van der Waals surface area (Å²) in [5.41, 5.74) is 5.41. The topological polar surface area (TPSA) is 58.6 Å². The van der Waals surface area contributed by atoms with Crippen LogP contribution in [0.3, 0.4) is 0 Å². The summed E-state index contributed by atoms with van der Waals surface area (Å²) in [4.78, 5) is 27.8. The van der Waals surface area contributed by atoms with E-state index < -0.39 is 0 Å². The second kappa shape index (κ2) is 9.10. The molecule has 0 saturated heterocycles. The maximum Gasteiger partial charge on any atom is 0.278 e. The van der Waals surface area contributed by atoms with Gasteiger partial charge in [0.25, 0.3) is 11.8 Å². The molecular formula is C27H26N2O3. The van der Waals surface area contributed by atoms with E-state index in [1.165, 1.54) is 4.90 Å². The summed E-state index contributed by atoms with van der Waals surface area (Å²) in [6, 6.07) is 23.0. The second-order valence-corrected chi connectivity index (χ2v) is 8.04. The minimum atomic E-state index is -0.348. The first-order valence-electron chi connectivity index (χ1n) is 10.6. The van der Waals surface area contributed by atoms with Gasteiger partial charge >= 0.3 is 0 Å². The number of ether oxygens (including phenoxy) is 1. The van der Waals surface area contributed by atoms with Gasteiger partial charge in [-0.15, -0.1) is 0 Å². The summed E-state index contributed by atoms with van der Waals surface area (Å²) >= 11 is 0. The summed E-state index contributed by atoms with van der Waals surface area (Å²) < 4.78 is 5.85. The Labute approximate surface area is 188 Å². The normalized spacial score (nSPS) is 13.7. The molecule has 32 heavy (non-hydrogen) atoms. The molecule has 0 spiro atoms. The molecule has 1 N–H and O–H groups in total. The number of carbonyl (C=O) groups excluding carboxylic acids is 2. The van der Waals surface area contributed by atoms with E-state index in [2.05, 4.69) is 11.4 Å². The largest absolute Gasteiger partial charge is 0.492 e. The van der Waals surface area contributed by atoms with Gasteiger partial charge in [0.2, 0.25) is 0 Å². The molecule has 0 aromatic heterocycles. The molecule has 1 aliphatic rings. The van der Waals surface area contributed by atoms with E-state index in [0.717, 1.165) is 28.1 Å². The van der Waals surface area contributed by atoms with Crippen molar-refractivity contribution in [1.82, 2.24) is 4.90 Å². The van der Waals surface area contributed by atoms with Crippen LogP contribution in [0.2, 0.25) is 0 Å². The first-order valence-corrected chi connectivity index (χ1v) is 10.6. The molecule has 0 aliphatic carbocycles. The van der Waals surface area contributed by atoms with Gasteiger partial charge in [-0.05, 0) is 67.3 Å². The summed E-state index contributed by atoms with van der Waals surface area (Å²) in [6.45, 7) is 6.38. The zero-order chi connectivity index (χ0) is 22.7. The van der Waals surface area contributed by atoms with E-state index >= 15 is 0 Å². The SMILES string of the molecule is Cc1cccc(NC2=C(c3ccccc3)C(=O)N(CCOc3cc(C)cc(C)c3)C2=O)c1. The Balaban J connectivity index is 1.57. The van der Waals surface area contributed by atoms with Crippen LogP contribution >= 0.6 is 0 Å². The van der Waals surface area contributed by atoms with Gasteiger partial charge in [-0.1, -0.05) is 48.5 Å². The van der Waals surface area contributed by atoms with Crippen molar-refractivity contribution < 1.29 is 14.3 Å². The lowest BCUT2D eigenvalue weighted by Crippen LogP contribution is -2.36. The summed E-state index contributed by atoms with van der Waals surface area (Å²) in [6.07, 6.45) is 0. The van der Waals surface area contributed by atoms with Gasteiger partial charge in [0.15, 0.2) is 0 Å². The highest BCUT2D eigenvalue weighted by Crippen LogP contribution is 2.30. The van der Waals surface area contributed by atoms with Gasteiger partial charge in [-0.25, -0.2) is 0 Å². The molecule has 0 saturated carbocycles. The number of rotatable bonds is 7. The molecule has 5 heteroatoms. The Hall–Kier alpha value is -3.86. The third-order valence-electron chi connectivity index (χ3n) is 5.30. The monoisotopic (exact) mass is 426 g/mol. The molecule has 0 unspecified atom stereocenters. The average molecular weight is 427 g/mol. The number of hydrogen-bond acceptors (Lipinski definition) is 4. The van der Waals surface area contributed by atoms with Gasteiger partial charge in [-0.2, -0.15) is 0 Å². The van der Waals surface area contributed by atoms with Gasteiger partial charge in [0.05, 0.1) is 12.1 Å². The van der Waals surface area contributed by atoms with Crippen molar-refractivity contribution in [2.45, 2.75) is 20.8 Å². The molecule has 1 heterocycles. The highest BCUT2D eigenvalue weighted by atomic mass is 16.5. The third-order valence-corrected chi connectivity index (χ3v) is 5.30. The van der Waals surface area contributed by atoms with Crippen molar-refractivity contribution in [2.24, 2.45) is 0 Å². The first kappa shape index (κ1) is 21.4. The van der Waals surface area contributed by atoms with E-state index in [1.54, 1.807) is 0 Å². The molecule has 4 rings (SSSR count). The molecule has 0 bridgehead atoms. The van der Waals surface area contributed by atoms with Crippen molar-refractivity contribution in [1.29, 1.82) is 0 Å². The van der Waals surface area contributed by atoms with E-state index in [0.29, 0.717) is 16.8 Å². The highest BCUT2D eigenvalue weighted by Gasteiger charge is 2.39. The van der Waals surface area contributed by atoms with Crippen LogP contribution in [-0.4, -0.2) is 29.9 Å². The predicted molar refractivity (Wildman–Crippen MR) is 126 cm³/mol. The van der Waals surface area contributed by atoms with Crippen LogP contribution in [0.4, 0.5) is 5.69 Å². The zero-order valence-corrected chi connectivity index (χ0v) is 18.5. The van der Waals surface area contributed by atoms with Crippen molar-refractivity contribution in [3.8, 4) is 5.75 Å². The zero-order valence-electron chi connectivity index (χ0n) is 18.5. The molecule has 0 radical (unpaired) electrons. The van der Waals surface area contributed by atoms with Crippen LogP contribution < -0.4 is 10.1 Å². The second-order valence-electron chi connectivity index (χ2n) is 8.04. The Kier molecular flexibility index (Phi) is 6.08. The lowest BCUT2D eigenvalue weighted by atomic mass is 10.0. The van der Waals surface area contributed by atoms with Gasteiger partial charge in [-0.3, -0.25) is 14.5 Å². The molecular weight excluding hydrogens is 400 g/mol. The number of nitrogens with one attached hydrogen (secondary N) is 1. The highest BCUT2D eigenvalue weighted by molar-refractivity contribution is 6.36. The maximum absolute atomic E-state index is 13.3. The lowest BCUT2D eigenvalue weighted by Gasteiger charge is -2.16. The molecule has 2 amide bonds. The number of anilines is 1. The van der Waals surface area contributed by atoms with Crippen LogP contribution in [-0.2, 0) is 9.59 Å². The fraction of sp³-hybridized carbons (Fsp3) is 0.185. The van der Waals surface area contributed by atoms with Crippen LogP contribution in [0.15, 0.2) is 78.5 Å². The summed E-state index contributed by atoms with van der Waals surface area (Å²) in [7, 11) is 0. The van der Waals surface area contributed by atoms with Gasteiger partial charge in [0, 0.05) is 5.69 Å². The molecule has 3 aromatic carbocycles. The standard InChI is InChI=1S/C27H26N2O3/c1-18-8-7-11-22(15-18)28-25-24(21-9-5-4-6-10-21)26(30)29(27(25)31)12-13-32-23-16-19(2)14-20(3)17-23/h4-11,14-17,28H,12-13H2,1-3H3. The van der Waals surface area contributed by atoms with Crippen molar-refractivity contribution in [2.75, 3.05) is 18.5 Å². The van der Waals surface area contributed by atoms with E-state index in [9.17, 15) is 9.59 Å². The number of amides is 2. The minimum absolute atomic E-state index is 0.167. The van der Waals surface area contributed by atoms with Crippen LogP contribution in [0.25, 0.3) is 5.57 Å².